The Bertz CT molecular complexity index is 744. The molecule has 8 heteroatoms. The van der Waals surface area contributed by atoms with Crippen molar-refractivity contribution < 1.29 is 22.7 Å². The Labute approximate surface area is 145 Å². The maximum atomic E-state index is 12.1. The van der Waals surface area contributed by atoms with Crippen LogP contribution in [-0.4, -0.2) is 43.9 Å². The molecule has 1 aliphatic carbocycles. The van der Waals surface area contributed by atoms with Gasteiger partial charge in [0.2, 0.25) is 0 Å². The van der Waals surface area contributed by atoms with E-state index in [1.165, 1.54) is 21.8 Å². The predicted molar refractivity (Wildman–Crippen MR) is 91.1 cm³/mol. The molecule has 0 saturated carbocycles. The van der Waals surface area contributed by atoms with Crippen LogP contribution in [0.25, 0.3) is 0 Å². The number of esters is 1. The Morgan fingerprint density at radius 1 is 1.33 bits per heavy atom. The Morgan fingerprint density at radius 3 is 2.75 bits per heavy atom. The van der Waals surface area contributed by atoms with Crippen LogP contribution in [0.15, 0.2) is 6.07 Å². The molecule has 2 aliphatic rings. The van der Waals surface area contributed by atoms with Crippen molar-refractivity contribution in [2.45, 2.75) is 44.6 Å². The Kier molecular flexibility index (Phi) is 4.70. The minimum absolute atomic E-state index is 0.0721. The number of fused-ring (bicyclic) bond motifs is 1. The highest BCUT2D eigenvalue weighted by atomic mass is 32.2. The maximum Gasteiger partial charge on any atom is 0.348 e. The van der Waals surface area contributed by atoms with Crippen LogP contribution in [0.2, 0.25) is 0 Å². The van der Waals surface area contributed by atoms with Gasteiger partial charge in [-0.1, -0.05) is 0 Å². The van der Waals surface area contributed by atoms with E-state index in [2.05, 4.69) is 5.32 Å². The van der Waals surface area contributed by atoms with Crippen molar-refractivity contribution >= 4 is 33.1 Å². The van der Waals surface area contributed by atoms with Gasteiger partial charge in [-0.25, -0.2) is 13.2 Å². The highest BCUT2D eigenvalue weighted by Gasteiger charge is 2.39. The Morgan fingerprint density at radius 2 is 2.08 bits per heavy atom. The van der Waals surface area contributed by atoms with Gasteiger partial charge in [0.25, 0.3) is 5.91 Å². The van der Waals surface area contributed by atoms with E-state index < -0.39 is 33.9 Å². The van der Waals surface area contributed by atoms with Gasteiger partial charge in [-0.05, 0) is 50.7 Å². The smallest absolute Gasteiger partial charge is 0.348 e. The second-order valence-corrected chi connectivity index (χ2v) is 10.1. The number of thiophene rings is 1. The average Bonchev–Trinajstić information content (AvgIpc) is 3.05. The van der Waals surface area contributed by atoms with Gasteiger partial charge in [0.15, 0.2) is 16.4 Å². The van der Waals surface area contributed by atoms with E-state index >= 15 is 0 Å². The lowest BCUT2D eigenvalue weighted by Crippen LogP contribution is -2.48. The Balaban J connectivity index is 1.53. The van der Waals surface area contributed by atoms with Gasteiger partial charge in [-0.15, -0.1) is 11.3 Å². The predicted octanol–water partition coefficient (Wildman–Crippen LogP) is 1.48. The van der Waals surface area contributed by atoms with Gasteiger partial charge in [-0.2, -0.15) is 0 Å². The molecule has 132 valence electrons. The summed E-state index contributed by atoms with van der Waals surface area (Å²) in [5.41, 5.74) is 0.441. The third kappa shape index (κ3) is 3.97. The second-order valence-electron chi connectivity index (χ2n) is 6.79. The molecule has 3 rings (SSSR count). The summed E-state index contributed by atoms with van der Waals surface area (Å²) in [4.78, 5) is 25.8. The van der Waals surface area contributed by atoms with Gasteiger partial charge >= 0.3 is 5.97 Å². The molecule has 1 aromatic heterocycles. The van der Waals surface area contributed by atoms with Crippen molar-refractivity contribution in [1.82, 2.24) is 5.32 Å². The summed E-state index contributed by atoms with van der Waals surface area (Å²) < 4.78 is 28.2. The lowest BCUT2D eigenvalue weighted by molar-refractivity contribution is -0.125. The molecule has 2 heterocycles. The molecule has 1 fully saturated rings. The monoisotopic (exact) mass is 371 g/mol. The first-order chi connectivity index (χ1) is 11.3. The number of carbonyl (C=O) groups is 2. The summed E-state index contributed by atoms with van der Waals surface area (Å²) in [6.07, 6.45) is 4.66. The number of ether oxygens (including phenoxy) is 1. The lowest BCUT2D eigenvalue weighted by Gasteiger charge is -2.23. The van der Waals surface area contributed by atoms with Crippen LogP contribution < -0.4 is 5.32 Å². The Hall–Kier alpha value is -1.41. The van der Waals surface area contributed by atoms with E-state index in [1.54, 1.807) is 6.92 Å². The van der Waals surface area contributed by atoms with Crippen LogP contribution in [0.1, 0.15) is 46.3 Å². The number of carbonyl (C=O) groups excluding carboxylic acids is 2. The zero-order chi connectivity index (χ0) is 17.4. The number of hydrogen-bond donors (Lipinski definition) is 1. The molecule has 0 unspecified atom stereocenters. The van der Waals surface area contributed by atoms with Gasteiger partial charge in [-0.3, -0.25) is 4.79 Å². The van der Waals surface area contributed by atoms with Crippen molar-refractivity contribution in [2.75, 3.05) is 18.1 Å². The standard InChI is InChI=1S/C16H21NO5S2/c1-16(6-7-24(20,21)10-16)17-14(18)9-22-15(19)13-8-11-4-2-3-5-12(11)23-13/h8H,2-7,9-10H2,1H3,(H,17,18)/t16-/m0/s1. The number of sulfone groups is 1. The largest absolute Gasteiger partial charge is 0.451 e. The summed E-state index contributed by atoms with van der Waals surface area (Å²) in [6.45, 7) is 1.31. The fraction of sp³-hybridized carbons (Fsp3) is 0.625. The van der Waals surface area contributed by atoms with E-state index in [9.17, 15) is 18.0 Å². The lowest BCUT2D eigenvalue weighted by atomic mass is 9.99. The van der Waals surface area contributed by atoms with Crippen LogP contribution >= 0.6 is 11.3 Å². The molecule has 0 spiro atoms. The van der Waals surface area contributed by atoms with E-state index in [4.69, 9.17) is 4.74 Å². The maximum absolute atomic E-state index is 12.1. The summed E-state index contributed by atoms with van der Waals surface area (Å²) >= 11 is 1.44. The minimum Gasteiger partial charge on any atom is -0.451 e. The van der Waals surface area contributed by atoms with Crippen molar-refractivity contribution in [3.63, 3.8) is 0 Å². The van der Waals surface area contributed by atoms with Gasteiger partial charge in [0.1, 0.15) is 4.88 Å². The molecule has 0 bridgehead atoms. The summed E-state index contributed by atoms with van der Waals surface area (Å²) in [6, 6.07) is 1.87. The van der Waals surface area contributed by atoms with Crippen molar-refractivity contribution in [3.05, 3.63) is 21.4 Å². The molecule has 0 radical (unpaired) electrons. The van der Waals surface area contributed by atoms with E-state index in [0.717, 1.165) is 25.7 Å². The van der Waals surface area contributed by atoms with Crippen LogP contribution in [0.4, 0.5) is 0 Å². The van der Waals surface area contributed by atoms with Crippen LogP contribution in [0.3, 0.4) is 0 Å². The first-order valence-electron chi connectivity index (χ1n) is 8.07. The quantitative estimate of drug-likeness (QED) is 0.810. The summed E-state index contributed by atoms with van der Waals surface area (Å²) in [5, 5.41) is 2.67. The fourth-order valence-corrected chi connectivity index (χ4v) is 6.52. The average molecular weight is 371 g/mol. The third-order valence-corrected chi connectivity index (χ3v) is 7.60. The molecule has 1 amide bonds. The van der Waals surface area contributed by atoms with Gasteiger partial charge in [0.05, 0.1) is 17.0 Å². The summed E-state index contributed by atoms with van der Waals surface area (Å²) in [5.74, 6) is -0.959. The van der Waals surface area contributed by atoms with Gasteiger partial charge < -0.3 is 10.1 Å². The normalized spacial score (nSPS) is 25.0. The third-order valence-electron chi connectivity index (χ3n) is 4.48. The number of rotatable bonds is 4. The summed E-state index contributed by atoms with van der Waals surface area (Å²) in [7, 11) is -3.10. The number of nitrogens with one attached hydrogen (secondary N) is 1. The minimum atomic E-state index is -3.10. The molecular weight excluding hydrogens is 350 g/mol. The van der Waals surface area contributed by atoms with Crippen LogP contribution in [0.5, 0.6) is 0 Å². The molecule has 1 N–H and O–H groups in total. The first kappa shape index (κ1) is 17.4. The molecule has 1 atom stereocenters. The van der Waals surface area contributed by atoms with Crippen molar-refractivity contribution in [3.8, 4) is 0 Å². The second kappa shape index (κ2) is 6.48. The molecule has 1 saturated heterocycles. The van der Waals surface area contributed by atoms with E-state index in [0.29, 0.717) is 11.3 Å². The zero-order valence-corrected chi connectivity index (χ0v) is 15.2. The van der Waals surface area contributed by atoms with Crippen LogP contribution in [0, 0.1) is 0 Å². The SMILES string of the molecule is C[C@]1(NC(=O)COC(=O)c2cc3c(s2)CCCC3)CCS(=O)(=O)C1. The van der Waals surface area contributed by atoms with Crippen LogP contribution in [-0.2, 0) is 32.2 Å². The molecular formula is C16H21NO5S2. The molecule has 1 aliphatic heterocycles. The number of amides is 1. The topological polar surface area (TPSA) is 89.5 Å². The van der Waals surface area contributed by atoms with Crippen molar-refractivity contribution in [1.29, 1.82) is 0 Å². The fourth-order valence-electron chi connectivity index (χ4n) is 3.28. The molecule has 6 nitrogen and oxygen atoms in total. The molecule has 24 heavy (non-hydrogen) atoms. The first-order valence-corrected chi connectivity index (χ1v) is 10.7. The van der Waals surface area contributed by atoms with Crippen molar-refractivity contribution in [2.24, 2.45) is 0 Å². The van der Waals surface area contributed by atoms with Gasteiger partial charge in [0, 0.05) is 4.88 Å². The highest BCUT2D eigenvalue weighted by molar-refractivity contribution is 7.91. The number of hydrogen-bond acceptors (Lipinski definition) is 6. The number of aryl methyl sites for hydroxylation is 2. The highest BCUT2D eigenvalue weighted by Crippen LogP contribution is 2.30. The molecule has 1 aromatic rings. The van der Waals surface area contributed by atoms with E-state index in [-0.39, 0.29) is 11.5 Å². The molecule has 0 aromatic carbocycles. The zero-order valence-electron chi connectivity index (χ0n) is 13.6. The van der Waals surface area contributed by atoms with E-state index in [1.807, 2.05) is 6.07 Å².